The number of halogens is 1. The Kier molecular flexibility index (Phi) is 10.1. The molecule has 1 N–H and O–H groups in total. The summed E-state index contributed by atoms with van der Waals surface area (Å²) in [5.41, 5.74) is 1.16. The molecule has 0 spiro atoms. The van der Waals surface area contributed by atoms with Crippen LogP contribution in [0.3, 0.4) is 0 Å². The maximum absolute atomic E-state index is 12.9. The zero-order valence-electron chi connectivity index (χ0n) is 17.1. The molecule has 0 heterocycles. The second-order valence-electron chi connectivity index (χ2n) is 6.80. The smallest absolute Gasteiger partial charge is 0.242 e. The van der Waals surface area contributed by atoms with Crippen LogP contribution in [0.25, 0.3) is 0 Å². The normalized spacial score (nSPS) is 11.7. The van der Waals surface area contributed by atoms with E-state index < -0.39 is 6.04 Å². The van der Waals surface area contributed by atoms with E-state index in [0.717, 1.165) is 34.1 Å². The lowest BCUT2D eigenvalue weighted by Crippen LogP contribution is -2.48. The monoisotopic (exact) mass is 432 g/mol. The zero-order valence-corrected chi connectivity index (χ0v) is 18.6. The summed E-state index contributed by atoms with van der Waals surface area (Å²) in [6.45, 7) is 4.78. The van der Waals surface area contributed by atoms with Gasteiger partial charge in [-0.05, 0) is 62.3 Å². The molecule has 2 amide bonds. The number of likely N-dealkylation sites (N-methyl/N-ethyl adjacent to an activating group) is 1. The maximum Gasteiger partial charge on any atom is 0.242 e. The molecule has 2 rings (SSSR count). The number of hydrogen-bond acceptors (Lipinski definition) is 3. The van der Waals surface area contributed by atoms with Crippen LogP contribution < -0.4 is 5.32 Å². The largest absolute Gasteiger partial charge is 0.355 e. The number of nitrogens with zero attached hydrogens (tertiary/aromatic N) is 1. The van der Waals surface area contributed by atoms with Crippen molar-refractivity contribution in [1.29, 1.82) is 0 Å². The molecule has 0 bridgehead atoms. The second-order valence-corrected chi connectivity index (χ2v) is 8.40. The Morgan fingerprint density at radius 3 is 2.45 bits per heavy atom. The summed E-state index contributed by atoms with van der Waals surface area (Å²) in [6.07, 6.45) is 1.92. The summed E-state index contributed by atoms with van der Waals surface area (Å²) in [5.74, 6) is 0.760. The van der Waals surface area contributed by atoms with Crippen LogP contribution in [0.4, 0.5) is 0 Å². The van der Waals surface area contributed by atoms with Crippen molar-refractivity contribution in [2.24, 2.45) is 0 Å². The molecule has 0 aromatic heterocycles. The van der Waals surface area contributed by atoms with Crippen LogP contribution in [-0.4, -0.2) is 41.6 Å². The third kappa shape index (κ3) is 8.11. The fourth-order valence-corrected chi connectivity index (χ4v) is 3.96. The summed E-state index contributed by atoms with van der Waals surface area (Å²) in [7, 11) is 0. The number of rotatable bonds is 11. The highest BCUT2D eigenvalue weighted by Gasteiger charge is 2.24. The minimum absolute atomic E-state index is 0.0244. The predicted octanol–water partition coefficient (Wildman–Crippen LogP) is 4.81. The molecule has 0 saturated heterocycles. The first kappa shape index (κ1) is 23.3. The number of thioether (sulfide) groups is 1. The van der Waals surface area contributed by atoms with Gasteiger partial charge in [-0.25, -0.2) is 0 Å². The molecule has 1 atom stereocenters. The minimum atomic E-state index is -0.477. The molecule has 29 heavy (non-hydrogen) atoms. The van der Waals surface area contributed by atoms with Gasteiger partial charge in [0.25, 0.3) is 0 Å². The van der Waals surface area contributed by atoms with Gasteiger partial charge >= 0.3 is 0 Å². The van der Waals surface area contributed by atoms with Crippen molar-refractivity contribution in [1.82, 2.24) is 10.2 Å². The van der Waals surface area contributed by atoms with Crippen LogP contribution in [0.15, 0.2) is 59.5 Å². The van der Waals surface area contributed by atoms with E-state index in [1.165, 1.54) is 0 Å². The van der Waals surface area contributed by atoms with Gasteiger partial charge in [-0.3, -0.25) is 9.59 Å². The molecule has 2 aromatic rings. The van der Waals surface area contributed by atoms with E-state index in [1.54, 1.807) is 23.6 Å². The molecular weight excluding hydrogens is 404 g/mol. The fourth-order valence-electron chi connectivity index (χ4n) is 2.98. The van der Waals surface area contributed by atoms with E-state index in [0.29, 0.717) is 19.5 Å². The SMILES string of the molecule is CCNC(=O)[C@@H](C)N(CCc1ccccc1)C(=O)CCCSc1ccc(Cl)cc1. The van der Waals surface area contributed by atoms with Gasteiger partial charge in [0.1, 0.15) is 6.04 Å². The Bertz CT molecular complexity index is 768. The summed E-state index contributed by atoms with van der Waals surface area (Å²) in [4.78, 5) is 28.1. The topological polar surface area (TPSA) is 49.4 Å². The summed E-state index contributed by atoms with van der Waals surface area (Å²) in [5, 5.41) is 3.54. The second kappa shape index (κ2) is 12.6. The number of carbonyl (C=O) groups is 2. The number of benzene rings is 2. The fraction of sp³-hybridized carbons (Fsp3) is 0.391. The maximum atomic E-state index is 12.9. The van der Waals surface area contributed by atoms with Gasteiger partial charge < -0.3 is 10.2 Å². The average molecular weight is 433 g/mol. The first-order valence-corrected chi connectivity index (χ1v) is 11.4. The van der Waals surface area contributed by atoms with Crippen molar-refractivity contribution in [3.8, 4) is 0 Å². The van der Waals surface area contributed by atoms with Crippen molar-refractivity contribution >= 4 is 35.2 Å². The van der Waals surface area contributed by atoms with Crippen molar-refractivity contribution in [3.05, 3.63) is 65.2 Å². The average Bonchev–Trinajstić information content (AvgIpc) is 2.73. The quantitative estimate of drug-likeness (QED) is 0.409. The minimum Gasteiger partial charge on any atom is -0.355 e. The Morgan fingerprint density at radius 1 is 1.10 bits per heavy atom. The molecule has 4 nitrogen and oxygen atoms in total. The number of carbonyl (C=O) groups excluding carboxylic acids is 2. The van der Waals surface area contributed by atoms with E-state index in [4.69, 9.17) is 11.6 Å². The molecule has 0 saturated carbocycles. The van der Waals surface area contributed by atoms with Gasteiger partial charge in [0.05, 0.1) is 0 Å². The lowest BCUT2D eigenvalue weighted by molar-refractivity contribution is -0.139. The van der Waals surface area contributed by atoms with E-state index in [-0.39, 0.29) is 11.8 Å². The molecule has 0 unspecified atom stereocenters. The van der Waals surface area contributed by atoms with E-state index >= 15 is 0 Å². The summed E-state index contributed by atoms with van der Waals surface area (Å²) < 4.78 is 0. The molecule has 0 radical (unpaired) electrons. The number of nitrogens with one attached hydrogen (secondary N) is 1. The highest BCUT2D eigenvalue weighted by molar-refractivity contribution is 7.99. The first-order valence-electron chi connectivity index (χ1n) is 10.0. The third-order valence-corrected chi connectivity index (χ3v) is 5.97. The van der Waals surface area contributed by atoms with Crippen molar-refractivity contribution in [2.45, 2.75) is 44.0 Å². The lowest BCUT2D eigenvalue weighted by Gasteiger charge is -2.28. The zero-order chi connectivity index (χ0) is 21.1. The number of amides is 2. The standard InChI is InChI=1S/C23H29ClN2O2S/c1-3-25-23(28)18(2)26(16-15-19-8-5-4-6-9-19)22(27)10-7-17-29-21-13-11-20(24)12-14-21/h4-6,8-9,11-14,18H,3,7,10,15-17H2,1-2H3,(H,25,28)/t18-/m1/s1. The Balaban J connectivity index is 1.90. The van der Waals surface area contributed by atoms with Crippen LogP contribution in [0.2, 0.25) is 5.02 Å². The molecule has 0 aliphatic heterocycles. The Morgan fingerprint density at radius 2 is 1.79 bits per heavy atom. The summed E-state index contributed by atoms with van der Waals surface area (Å²) in [6, 6.07) is 17.3. The van der Waals surface area contributed by atoms with Crippen LogP contribution in [0, 0.1) is 0 Å². The third-order valence-electron chi connectivity index (χ3n) is 4.62. The van der Waals surface area contributed by atoms with E-state index in [2.05, 4.69) is 5.32 Å². The van der Waals surface area contributed by atoms with Gasteiger partial charge in [0.2, 0.25) is 11.8 Å². The molecular formula is C23H29ClN2O2S. The van der Waals surface area contributed by atoms with Gasteiger partial charge in [-0.15, -0.1) is 11.8 Å². The highest BCUT2D eigenvalue weighted by Crippen LogP contribution is 2.21. The molecule has 156 valence electrons. The number of hydrogen-bond donors (Lipinski definition) is 1. The molecule has 6 heteroatoms. The van der Waals surface area contributed by atoms with Gasteiger partial charge in [-0.2, -0.15) is 0 Å². The van der Waals surface area contributed by atoms with Crippen molar-refractivity contribution in [2.75, 3.05) is 18.8 Å². The first-order chi connectivity index (χ1) is 14.0. The van der Waals surface area contributed by atoms with Gasteiger partial charge in [0.15, 0.2) is 0 Å². The van der Waals surface area contributed by atoms with Gasteiger partial charge in [-0.1, -0.05) is 41.9 Å². The van der Waals surface area contributed by atoms with Crippen LogP contribution in [0.1, 0.15) is 32.3 Å². The molecule has 0 fully saturated rings. The molecule has 0 aliphatic carbocycles. The molecule has 2 aromatic carbocycles. The molecule has 0 aliphatic rings. The van der Waals surface area contributed by atoms with Crippen molar-refractivity contribution in [3.63, 3.8) is 0 Å². The van der Waals surface area contributed by atoms with Crippen LogP contribution in [0.5, 0.6) is 0 Å². The van der Waals surface area contributed by atoms with Crippen LogP contribution >= 0.6 is 23.4 Å². The van der Waals surface area contributed by atoms with E-state index in [9.17, 15) is 9.59 Å². The Labute approximate surface area is 183 Å². The highest BCUT2D eigenvalue weighted by atomic mass is 35.5. The predicted molar refractivity (Wildman–Crippen MR) is 121 cm³/mol. The Hall–Kier alpha value is -1.98. The lowest BCUT2D eigenvalue weighted by atomic mass is 10.1. The van der Waals surface area contributed by atoms with E-state index in [1.807, 2.05) is 61.5 Å². The summed E-state index contributed by atoms with van der Waals surface area (Å²) >= 11 is 7.62. The van der Waals surface area contributed by atoms with Crippen LogP contribution in [-0.2, 0) is 16.0 Å². The van der Waals surface area contributed by atoms with Gasteiger partial charge in [0, 0.05) is 29.4 Å². The van der Waals surface area contributed by atoms with Crippen molar-refractivity contribution < 1.29 is 9.59 Å².